The number of amides is 2. The van der Waals surface area contributed by atoms with Crippen LogP contribution < -0.4 is 10.7 Å². The van der Waals surface area contributed by atoms with E-state index >= 15 is 0 Å². The van der Waals surface area contributed by atoms with Crippen LogP contribution in [-0.2, 0) is 16.1 Å². The molecule has 2 aromatic rings. The van der Waals surface area contributed by atoms with Gasteiger partial charge in [-0.25, -0.2) is 5.43 Å². The third-order valence-corrected chi connectivity index (χ3v) is 3.42. The second kappa shape index (κ2) is 8.26. The zero-order valence-corrected chi connectivity index (χ0v) is 13.3. The Morgan fingerprint density at radius 1 is 1.13 bits per heavy atom. The molecule has 1 aromatic carbocycles. The molecule has 0 spiro atoms. The van der Waals surface area contributed by atoms with Crippen LogP contribution in [0.25, 0.3) is 0 Å². The molecule has 2 rings (SSSR count). The van der Waals surface area contributed by atoms with Gasteiger partial charge < -0.3 is 5.32 Å². The molecule has 6 nitrogen and oxygen atoms in total. The van der Waals surface area contributed by atoms with E-state index in [1.54, 1.807) is 42.6 Å². The topological polar surface area (TPSA) is 83.5 Å². The van der Waals surface area contributed by atoms with Gasteiger partial charge in [-0.1, -0.05) is 35.3 Å². The van der Waals surface area contributed by atoms with Crippen LogP contribution in [0.2, 0.25) is 10.0 Å². The highest BCUT2D eigenvalue weighted by Crippen LogP contribution is 2.21. The number of hydrazone groups is 1. The predicted molar refractivity (Wildman–Crippen MR) is 88.3 cm³/mol. The highest BCUT2D eigenvalue weighted by molar-refractivity contribution is 6.42. The second-order valence-corrected chi connectivity index (χ2v) is 5.19. The van der Waals surface area contributed by atoms with Crippen LogP contribution in [0.1, 0.15) is 11.3 Å². The molecule has 0 aliphatic rings. The number of benzene rings is 1. The predicted octanol–water partition coefficient (Wildman–Crippen LogP) is 2.15. The third kappa shape index (κ3) is 5.36. The van der Waals surface area contributed by atoms with Gasteiger partial charge in [-0.3, -0.25) is 14.6 Å². The zero-order valence-electron chi connectivity index (χ0n) is 11.8. The lowest BCUT2D eigenvalue weighted by atomic mass is 10.2. The molecule has 0 aliphatic carbocycles. The Labute approximate surface area is 142 Å². The number of nitrogens with zero attached hydrogens (tertiary/aromatic N) is 2. The maximum atomic E-state index is 11.6. The first-order chi connectivity index (χ1) is 11.1. The first-order valence-electron chi connectivity index (χ1n) is 6.52. The fourth-order valence-electron chi connectivity index (χ4n) is 1.56. The van der Waals surface area contributed by atoms with Crippen LogP contribution >= 0.6 is 23.2 Å². The third-order valence-electron chi connectivity index (χ3n) is 2.69. The maximum Gasteiger partial charge on any atom is 0.329 e. The molecule has 23 heavy (non-hydrogen) atoms. The summed E-state index contributed by atoms with van der Waals surface area (Å²) in [6.45, 7) is 0.156. The Bertz CT molecular complexity index is 736. The molecule has 0 fully saturated rings. The lowest BCUT2D eigenvalue weighted by Gasteiger charge is -2.03. The van der Waals surface area contributed by atoms with Gasteiger partial charge in [-0.05, 0) is 29.8 Å². The van der Waals surface area contributed by atoms with E-state index in [-0.39, 0.29) is 6.54 Å². The lowest BCUT2D eigenvalue weighted by Crippen LogP contribution is -2.37. The molecular weight excluding hydrogens is 339 g/mol. The number of aromatic nitrogens is 1. The van der Waals surface area contributed by atoms with Crippen molar-refractivity contribution in [1.29, 1.82) is 0 Å². The van der Waals surface area contributed by atoms with Crippen molar-refractivity contribution in [1.82, 2.24) is 15.7 Å². The number of carbonyl (C=O) groups is 2. The molecular formula is C15H12Cl2N4O2. The molecule has 0 atom stereocenters. The summed E-state index contributed by atoms with van der Waals surface area (Å²) in [6, 6.07) is 10.1. The van der Waals surface area contributed by atoms with E-state index in [0.29, 0.717) is 21.3 Å². The molecule has 118 valence electrons. The summed E-state index contributed by atoms with van der Waals surface area (Å²) >= 11 is 11.6. The summed E-state index contributed by atoms with van der Waals surface area (Å²) in [4.78, 5) is 27.2. The van der Waals surface area contributed by atoms with Crippen LogP contribution in [0.15, 0.2) is 47.7 Å². The number of carbonyl (C=O) groups excluding carboxylic acids is 2. The molecule has 0 radical (unpaired) electrons. The fraction of sp³-hybridized carbons (Fsp3) is 0.0667. The summed E-state index contributed by atoms with van der Waals surface area (Å²) in [7, 11) is 0. The summed E-state index contributed by atoms with van der Waals surface area (Å²) in [5.41, 5.74) is 3.40. The smallest absolute Gasteiger partial charge is 0.329 e. The number of hydrogen-bond donors (Lipinski definition) is 2. The molecule has 1 heterocycles. The van der Waals surface area contributed by atoms with Crippen molar-refractivity contribution in [3.8, 4) is 0 Å². The molecule has 2 amide bonds. The minimum atomic E-state index is -0.878. The number of hydrogen-bond acceptors (Lipinski definition) is 4. The maximum absolute atomic E-state index is 11.6. The van der Waals surface area contributed by atoms with Crippen molar-refractivity contribution in [2.45, 2.75) is 6.54 Å². The quantitative estimate of drug-likeness (QED) is 0.503. The Kier molecular flexibility index (Phi) is 6.08. The van der Waals surface area contributed by atoms with Crippen molar-refractivity contribution in [2.24, 2.45) is 5.10 Å². The summed E-state index contributed by atoms with van der Waals surface area (Å²) in [6.07, 6.45) is 2.95. The number of pyridine rings is 1. The van der Waals surface area contributed by atoms with Crippen LogP contribution in [0, 0.1) is 0 Å². The van der Waals surface area contributed by atoms with Crippen LogP contribution in [0.4, 0.5) is 0 Å². The van der Waals surface area contributed by atoms with E-state index in [1.807, 2.05) is 0 Å². The molecule has 0 aliphatic heterocycles. The van der Waals surface area contributed by atoms with Gasteiger partial charge in [0.15, 0.2) is 0 Å². The van der Waals surface area contributed by atoms with E-state index < -0.39 is 11.8 Å². The van der Waals surface area contributed by atoms with Crippen molar-refractivity contribution in [3.63, 3.8) is 0 Å². The van der Waals surface area contributed by atoms with Crippen molar-refractivity contribution in [2.75, 3.05) is 0 Å². The van der Waals surface area contributed by atoms with Gasteiger partial charge in [-0.15, -0.1) is 0 Å². The Morgan fingerprint density at radius 3 is 2.65 bits per heavy atom. The minimum absolute atomic E-state index is 0.156. The van der Waals surface area contributed by atoms with Gasteiger partial charge in [0.1, 0.15) is 0 Å². The van der Waals surface area contributed by atoms with Gasteiger partial charge in [0.05, 0.1) is 28.5 Å². The van der Waals surface area contributed by atoms with E-state index in [4.69, 9.17) is 23.2 Å². The Morgan fingerprint density at radius 2 is 1.96 bits per heavy atom. The van der Waals surface area contributed by atoms with E-state index in [0.717, 1.165) is 0 Å². The standard InChI is InChI=1S/C15H12Cl2N4O2/c16-12-5-4-10(7-13(12)17)8-20-21-15(23)14(22)19-9-11-3-1-2-6-18-11/h1-8H,9H2,(H,19,22)(H,21,23)/b20-8-. The first kappa shape index (κ1) is 16.9. The second-order valence-electron chi connectivity index (χ2n) is 4.38. The molecule has 0 saturated heterocycles. The van der Waals surface area contributed by atoms with Crippen LogP contribution in [0.3, 0.4) is 0 Å². The average molecular weight is 351 g/mol. The summed E-state index contributed by atoms with van der Waals surface area (Å²) in [5.74, 6) is -1.68. The number of nitrogens with one attached hydrogen (secondary N) is 2. The van der Waals surface area contributed by atoms with E-state index in [2.05, 4.69) is 20.8 Å². The summed E-state index contributed by atoms with van der Waals surface area (Å²) < 4.78 is 0. The van der Waals surface area contributed by atoms with Gasteiger partial charge in [0.25, 0.3) is 0 Å². The number of rotatable bonds is 4. The highest BCUT2D eigenvalue weighted by Gasteiger charge is 2.12. The average Bonchev–Trinajstić information content (AvgIpc) is 2.56. The minimum Gasteiger partial charge on any atom is -0.342 e. The van der Waals surface area contributed by atoms with E-state index in [9.17, 15) is 9.59 Å². The van der Waals surface area contributed by atoms with Crippen LogP contribution in [-0.4, -0.2) is 23.0 Å². The Balaban J connectivity index is 1.82. The van der Waals surface area contributed by atoms with Crippen LogP contribution in [0.5, 0.6) is 0 Å². The molecule has 0 saturated carbocycles. The van der Waals surface area contributed by atoms with Crippen molar-refractivity contribution in [3.05, 3.63) is 63.9 Å². The number of halogens is 2. The molecule has 2 N–H and O–H groups in total. The van der Waals surface area contributed by atoms with Gasteiger partial charge >= 0.3 is 11.8 Å². The molecule has 0 bridgehead atoms. The molecule has 0 unspecified atom stereocenters. The molecule has 8 heteroatoms. The largest absolute Gasteiger partial charge is 0.342 e. The fourth-order valence-corrected chi connectivity index (χ4v) is 1.87. The SMILES string of the molecule is O=C(NCc1ccccn1)C(=O)N/N=C\c1ccc(Cl)c(Cl)c1. The van der Waals surface area contributed by atoms with Crippen molar-refractivity contribution < 1.29 is 9.59 Å². The van der Waals surface area contributed by atoms with Gasteiger partial charge in [-0.2, -0.15) is 5.10 Å². The highest BCUT2D eigenvalue weighted by atomic mass is 35.5. The first-order valence-corrected chi connectivity index (χ1v) is 7.28. The zero-order chi connectivity index (χ0) is 16.7. The van der Waals surface area contributed by atoms with Gasteiger partial charge in [0.2, 0.25) is 0 Å². The normalized spacial score (nSPS) is 10.5. The van der Waals surface area contributed by atoms with E-state index in [1.165, 1.54) is 6.21 Å². The summed E-state index contributed by atoms with van der Waals surface area (Å²) in [5, 5.41) is 6.91. The Hall–Kier alpha value is -2.44. The monoisotopic (exact) mass is 350 g/mol. The van der Waals surface area contributed by atoms with Crippen molar-refractivity contribution >= 4 is 41.2 Å². The molecule has 1 aromatic heterocycles. The lowest BCUT2D eigenvalue weighted by molar-refractivity contribution is -0.139. The van der Waals surface area contributed by atoms with Gasteiger partial charge in [0, 0.05) is 6.20 Å².